The van der Waals surface area contributed by atoms with E-state index in [1.165, 1.54) is 5.56 Å². The first-order chi connectivity index (χ1) is 15.9. The number of aromatic nitrogens is 3. The van der Waals surface area contributed by atoms with Gasteiger partial charge in [-0.3, -0.25) is 9.59 Å². The fourth-order valence-corrected chi connectivity index (χ4v) is 4.33. The van der Waals surface area contributed by atoms with E-state index in [1.807, 2.05) is 10.6 Å². The van der Waals surface area contributed by atoms with Crippen molar-refractivity contribution in [2.24, 2.45) is 0 Å². The first kappa shape index (κ1) is 23.1. The number of carboxylic acids is 1. The van der Waals surface area contributed by atoms with E-state index in [2.05, 4.69) is 26.7 Å². The summed E-state index contributed by atoms with van der Waals surface area (Å²) in [4.78, 5) is 33.0. The zero-order valence-corrected chi connectivity index (χ0v) is 19.2. The van der Waals surface area contributed by atoms with Crippen LogP contribution in [-0.4, -0.2) is 38.1 Å². The van der Waals surface area contributed by atoms with Crippen LogP contribution >= 0.6 is 23.2 Å². The van der Waals surface area contributed by atoms with Crippen molar-refractivity contribution < 1.29 is 14.7 Å². The normalized spacial score (nSPS) is 13.6. The molecule has 0 bridgehead atoms. The highest BCUT2D eigenvalue weighted by Crippen LogP contribution is 2.26. The molecule has 1 aliphatic rings. The summed E-state index contributed by atoms with van der Waals surface area (Å²) in [5.41, 5.74) is 2.90. The van der Waals surface area contributed by atoms with E-state index < -0.39 is 17.9 Å². The molecule has 1 atom stereocenters. The number of pyridine rings is 1. The highest BCUT2D eigenvalue weighted by Gasteiger charge is 2.21. The third kappa shape index (κ3) is 6.03. The smallest absolute Gasteiger partial charge is 0.305 e. The Hall–Kier alpha value is -3.10. The molecule has 0 saturated heterocycles. The Kier molecular flexibility index (Phi) is 7.15. The number of hydrogen-bond donors (Lipinski definition) is 3. The predicted octanol–water partition coefficient (Wildman–Crippen LogP) is 4.13. The minimum absolute atomic E-state index is 0.193. The number of amides is 1. The number of aliphatic carboxylic acids is 1. The Labute approximate surface area is 201 Å². The number of aryl methyl sites for hydroxylation is 3. The van der Waals surface area contributed by atoms with Crippen molar-refractivity contribution in [2.45, 2.75) is 38.3 Å². The molecule has 8 nitrogen and oxygen atoms in total. The maximum Gasteiger partial charge on any atom is 0.305 e. The number of rotatable bonds is 8. The van der Waals surface area contributed by atoms with Gasteiger partial charge in [0.1, 0.15) is 11.5 Å². The second kappa shape index (κ2) is 10.2. The van der Waals surface area contributed by atoms with Gasteiger partial charge < -0.3 is 20.3 Å². The van der Waals surface area contributed by atoms with Gasteiger partial charge >= 0.3 is 5.97 Å². The number of benzene rings is 1. The van der Waals surface area contributed by atoms with Gasteiger partial charge in [0.25, 0.3) is 5.91 Å². The molecular formula is C23H23Cl2N5O3. The second-order valence-electron chi connectivity index (χ2n) is 7.91. The zero-order chi connectivity index (χ0) is 23.4. The fourth-order valence-electron chi connectivity index (χ4n) is 3.79. The topological polar surface area (TPSA) is 109 Å². The lowest BCUT2D eigenvalue weighted by molar-refractivity contribution is -0.137. The molecule has 33 heavy (non-hydrogen) atoms. The maximum atomic E-state index is 12.8. The number of carboxylic acid groups (broad SMARTS) is 1. The van der Waals surface area contributed by atoms with Crippen molar-refractivity contribution in [3.05, 3.63) is 75.4 Å². The van der Waals surface area contributed by atoms with Crippen LogP contribution in [0.3, 0.4) is 0 Å². The highest BCUT2D eigenvalue weighted by molar-refractivity contribution is 6.34. The minimum atomic E-state index is -1.06. The van der Waals surface area contributed by atoms with Crippen LogP contribution in [0.15, 0.2) is 42.9 Å². The van der Waals surface area contributed by atoms with E-state index in [0.29, 0.717) is 28.6 Å². The van der Waals surface area contributed by atoms with Crippen LogP contribution in [0.4, 0.5) is 5.82 Å². The summed E-state index contributed by atoms with van der Waals surface area (Å²) in [5, 5.41) is 16.0. The number of anilines is 1. The number of imidazole rings is 1. The largest absolute Gasteiger partial charge is 0.481 e. The van der Waals surface area contributed by atoms with E-state index in [9.17, 15) is 14.7 Å². The van der Waals surface area contributed by atoms with E-state index in [4.69, 9.17) is 23.2 Å². The van der Waals surface area contributed by atoms with Crippen molar-refractivity contribution in [1.29, 1.82) is 0 Å². The summed E-state index contributed by atoms with van der Waals surface area (Å²) in [6.07, 6.45) is 5.74. The summed E-state index contributed by atoms with van der Waals surface area (Å²) >= 11 is 12.1. The molecule has 0 unspecified atom stereocenters. The molecule has 2 aromatic heterocycles. The first-order valence-electron chi connectivity index (χ1n) is 10.6. The van der Waals surface area contributed by atoms with Gasteiger partial charge in [-0.15, -0.1) is 0 Å². The van der Waals surface area contributed by atoms with Gasteiger partial charge in [0, 0.05) is 41.4 Å². The Bertz CT molecular complexity index is 1160. The number of hydrogen-bond acceptors (Lipinski definition) is 5. The molecule has 1 aliphatic heterocycles. The average Bonchev–Trinajstić information content (AvgIpc) is 3.25. The third-order valence-electron chi connectivity index (χ3n) is 5.42. The number of nitrogens with zero attached hydrogens (tertiary/aromatic N) is 3. The number of carbonyl (C=O) groups excluding carboxylic acids is 1. The van der Waals surface area contributed by atoms with Crippen LogP contribution in [0.25, 0.3) is 0 Å². The lowest BCUT2D eigenvalue weighted by atomic mass is 10.0. The van der Waals surface area contributed by atoms with Crippen molar-refractivity contribution in [2.75, 3.05) is 11.9 Å². The van der Waals surface area contributed by atoms with Crippen molar-refractivity contribution in [3.8, 4) is 0 Å². The third-order valence-corrected chi connectivity index (χ3v) is 5.85. The van der Waals surface area contributed by atoms with Crippen LogP contribution in [0.2, 0.25) is 10.0 Å². The van der Waals surface area contributed by atoms with Gasteiger partial charge in [0.2, 0.25) is 0 Å². The van der Waals surface area contributed by atoms with E-state index in [0.717, 1.165) is 30.9 Å². The molecule has 1 amide bonds. The Morgan fingerprint density at radius 3 is 2.76 bits per heavy atom. The van der Waals surface area contributed by atoms with Gasteiger partial charge in [0.05, 0.1) is 18.8 Å². The summed E-state index contributed by atoms with van der Waals surface area (Å²) < 4.78 is 1.81. The lowest BCUT2D eigenvalue weighted by Crippen LogP contribution is -2.30. The fraction of sp³-hybridized carbons (Fsp3) is 0.304. The molecule has 1 aromatic carbocycles. The quantitative estimate of drug-likeness (QED) is 0.440. The first-order valence-corrected chi connectivity index (χ1v) is 11.4. The molecule has 4 rings (SSSR count). The Morgan fingerprint density at radius 1 is 1.21 bits per heavy atom. The zero-order valence-electron chi connectivity index (χ0n) is 17.7. The second-order valence-corrected chi connectivity index (χ2v) is 8.79. The summed E-state index contributed by atoms with van der Waals surface area (Å²) in [6.45, 7) is 1.54. The Morgan fingerprint density at radius 2 is 2.00 bits per heavy atom. The molecule has 0 saturated carbocycles. The molecular weight excluding hydrogens is 465 g/mol. The lowest BCUT2D eigenvalue weighted by Gasteiger charge is -2.17. The number of fused-ring (bicyclic) bond motifs is 1. The van der Waals surface area contributed by atoms with Crippen molar-refractivity contribution in [3.63, 3.8) is 0 Å². The van der Waals surface area contributed by atoms with Crippen LogP contribution < -0.4 is 10.6 Å². The number of carbonyl (C=O) groups is 2. The Balaban J connectivity index is 1.41. The maximum absolute atomic E-state index is 12.8. The molecule has 172 valence electrons. The van der Waals surface area contributed by atoms with Crippen molar-refractivity contribution >= 4 is 40.9 Å². The summed E-state index contributed by atoms with van der Waals surface area (Å²) in [6, 6.07) is 8.05. The molecule has 3 heterocycles. The molecule has 0 fully saturated rings. The monoisotopic (exact) mass is 487 g/mol. The highest BCUT2D eigenvalue weighted by atomic mass is 35.5. The van der Waals surface area contributed by atoms with Gasteiger partial charge in [0.15, 0.2) is 0 Å². The molecule has 0 radical (unpaired) electrons. The van der Waals surface area contributed by atoms with Crippen LogP contribution in [0.5, 0.6) is 0 Å². The predicted molar refractivity (Wildman–Crippen MR) is 126 cm³/mol. The number of nitrogens with one attached hydrogen (secondary N) is 2. The van der Waals surface area contributed by atoms with Crippen LogP contribution in [-0.2, 0) is 24.2 Å². The van der Waals surface area contributed by atoms with Gasteiger partial charge in [-0.1, -0.05) is 29.3 Å². The van der Waals surface area contributed by atoms with Crippen molar-refractivity contribution in [1.82, 2.24) is 19.9 Å². The van der Waals surface area contributed by atoms with E-state index in [-0.39, 0.29) is 12.1 Å². The van der Waals surface area contributed by atoms with E-state index >= 15 is 0 Å². The van der Waals surface area contributed by atoms with Gasteiger partial charge in [-0.2, -0.15) is 0 Å². The molecule has 3 N–H and O–H groups in total. The average molecular weight is 488 g/mol. The van der Waals surface area contributed by atoms with Gasteiger partial charge in [-0.25, -0.2) is 9.97 Å². The van der Waals surface area contributed by atoms with E-state index in [1.54, 1.807) is 30.7 Å². The molecule has 10 heteroatoms. The summed E-state index contributed by atoms with van der Waals surface area (Å²) in [7, 11) is 0. The van der Waals surface area contributed by atoms with Crippen LogP contribution in [0.1, 0.15) is 46.2 Å². The molecule has 3 aromatic rings. The van der Waals surface area contributed by atoms with Gasteiger partial charge in [-0.05, 0) is 48.2 Å². The SMILES string of the molecule is O=C(O)C[C@H](NC(=O)c1cn(CCc2ccc3c(n2)NCCC3)cn1)c1cc(Cl)cc(Cl)c1. The molecule has 0 spiro atoms. The molecule has 0 aliphatic carbocycles. The summed E-state index contributed by atoms with van der Waals surface area (Å²) in [5.74, 6) is -0.587. The number of halogens is 2. The standard InChI is InChI=1S/C23H23Cl2N5O3/c24-16-8-15(9-17(25)10-16)19(11-21(31)32)29-23(33)20-12-30(13-27-20)7-5-18-4-3-14-2-1-6-26-22(14)28-18/h3-4,8-10,12-13,19H,1-2,5-7,11H2,(H,26,28)(H,29,33)(H,31,32)/t19-/m0/s1. The van der Waals surface area contributed by atoms with Crippen LogP contribution in [0, 0.1) is 0 Å². The minimum Gasteiger partial charge on any atom is -0.481 e.